The normalized spacial score (nSPS) is 10.7. The number of anilines is 1. The average molecular weight is 378 g/mol. The van der Waals surface area contributed by atoms with E-state index in [1.165, 1.54) is 19.2 Å². The number of benzene rings is 2. The first-order chi connectivity index (χ1) is 12.4. The van der Waals surface area contributed by atoms with Gasteiger partial charge in [0.1, 0.15) is 18.1 Å². The molecule has 0 saturated heterocycles. The molecule has 140 valence electrons. The highest BCUT2D eigenvalue weighted by molar-refractivity contribution is 6.33. The lowest BCUT2D eigenvalue weighted by Gasteiger charge is -2.15. The van der Waals surface area contributed by atoms with Crippen LogP contribution in [0.5, 0.6) is 11.5 Å². The van der Waals surface area contributed by atoms with Gasteiger partial charge in [-0.3, -0.25) is 4.79 Å². The van der Waals surface area contributed by atoms with Crippen LogP contribution in [0.3, 0.4) is 0 Å². The van der Waals surface area contributed by atoms with E-state index in [1.807, 2.05) is 43.3 Å². The number of amides is 1. The molecule has 3 N–H and O–H groups in total. The number of nitrogens with two attached hydrogens (primary N) is 1. The quantitative estimate of drug-likeness (QED) is 0.692. The minimum atomic E-state index is -0.299. The third kappa shape index (κ3) is 5.28. The van der Waals surface area contributed by atoms with E-state index in [2.05, 4.69) is 5.32 Å². The first-order valence-corrected chi connectivity index (χ1v) is 8.56. The zero-order valence-corrected chi connectivity index (χ0v) is 16.0. The molecule has 7 heteroatoms. The Morgan fingerprint density at radius 1 is 1.23 bits per heavy atom. The predicted octanol–water partition coefficient (Wildman–Crippen LogP) is 2.80. The lowest BCUT2D eigenvalue weighted by molar-refractivity contribution is 0.0947. The van der Waals surface area contributed by atoms with Crippen LogP contribution < -0.4 is 20.5 Å². The number of hydrogen-bond donors (Lipinski definition) is 2. The summed E-state index contributed by atoms with van der Waals surface area (Å²) in [5, 5.41) is 3.18. The van der Waals surface area contributed by atoms with Crippen molar-refractivity contribution in [1.82, 2.24) is 10.2 Å². The number of likely N-dealkylation sites (N-methyl/N-ethyl adjacent to an activating group) is 1. The van der Waals surface area contributed by atoms with Gasteiger partial charge in [-0.1, -0.05) is 29.8 Å². The second-order valence-corrected chi connectivity index (χ2v) is 6.42. The fourth-order valence-electron chi connectivity index (χ4n) is 2.32. The first-order valence-electron chi connectivity index (χ1n) is 8.19. The molecular weight excluding hydrogens is 354 g/mol. The number of hydrogen-bond acceptors (Lipinski definition) is 5. The Bertz CT molecular complexity index is 766. The fraction of sp³-hybridized carbons (Fsp3) is 0.316. The number of nitrogen functional groups attached to an aromatic ring is 1. The molecular formula is C19H24ClN3O3. The van der Waals surface area contributed by atoms with Crippen molar-refractivity contribution in [1.29, 1.82) is 0 Å². The Morgan fingerprint density at radius 2 is 1.96 bits per heavy atom. The van der Waals surface area contributed by atoms with Gasteiger partial charge in [0.25, 0.3) is 5.91 Å². The zero-order valence-electron chi connectivity index (χ0n) is 15.2. The number of carbonyl (C=O) groups is 1. The molecule has 1 amide bonds. The number of halogens is 1. The van der Waals surface area contributed by atoms with E-state index in [-0.39, 0.29) is 5.91 Å². The van der Waals surface area contributed by atoms with Crippen LogP contribution in [-0.4, -0.2) is 45.2 Å². The second kappa shape index (κ2) is 9.31. The lowest BCUT2D eigenvalue weighted by Crippen LogP contribution is -2.24. The summed E-state index contributed by atoms with van der Waals surface area (Å²) >= 11 is 6.03. The minimum Gasteiger partial charge on any atom is -0.496 e. The van der Waals surface area contributed by atoms with Gasteiger partial charge in [0.2, 0.25) is 0 Å². The highest BCUT2D eigenvalue weighted by Gasteiger charge is 2.15. The monoisotopic (exact) mass is 377 g/mol. The summed E-state index contributed by atoms with van der Waals surface area (Å²) in [6, 6.07) is 10.6. The van der Waals surface area contributed by atoms with Crippen LogP contribution in [0.15, 0.2) is 36.4 Å². The summed E-state index contributed by atoms with van der Waals surface area (Å²) in [5.74, 6) is 0.823. The average Bonchev–Trinajstić information content (AvgIpc) is 2.62. The Labute approximate surface area is 158 Å². The maximum atomic E-state index is 12.5. The van der Waals surface area contributed by atoms with Crippen LogP contribution in [0, 0.1) is 0 Å². The van der Waals surface area contributed by atoms with Crippen molar-refractivity contribution in [3.63, 3.8) is 0 Å². The molecule has 0 bridgehead atoms. The number of nitrogens with one attached hydrogen (secondary N) is 1. The van der Waals surface area contributed by atoms with Crippen LogP contribution >= 0.6 is 11.6 Å². The van der Waals surface area contributed by atoms with Gasteiger partial charge >= 0.3 is 0 Å². The molecule has 6 nitrogen and oxygen atoms in total. The van der Waals surface area contributed by atoms with E-state index in [1.54, 1.807) is 0 Å². The highest BCUT2D eigenvalue weighted by atomic mass is 35.5. The third-order valence-electron chi connectivity index (χ3n) is 3.77. The van der Waals surface area contributed by atoms with Crippen molar-refractivity contribution in [3.8, 4) is 11.5 Å². The van der Waals surface area contributed by atoms with Crippen molar-refractivity contribution < 1.29 is 14.3 Å². The number of para-hydroxylation sites is 1. The number of rotatable bonds is 8. The van der Waals surface area contributed by atoms with Gasteiger partial charge in [0, 0.05) is 24.7 Å². The van der Waals surface area contributed by atoms with Crippen LogP contribution in [0.4, 0.5) is 5.69 Å². The lowest BCUT2D eigenvalue weighted by atomic mass is 10.1. The summed E-state index contributed by atoms with van der Waals surface area (Å²) in [5.41, 5.74) is 7.34. The van der Waals surface area contributed by atoms with Crippen molar-refractivity contribution >= 4 is 23.2 Å². The maximum absolute atomic E-state index is 12.5. The molecule has 2 aromatic carbocycles. The van der Waals surface area contributed by atoms with Crippen LogP contribution in [0.1, 0.15) is 15.9 Å². The Balaban J connectivity index is 2.07. The molecule has 0 aliphatic rings. The van der Waals surface area contributed by atoms with Crippen molar-refractivity contribution in [3.05, 3.63) is 52.5 Å². The number of carbonyl (C=O) groups excluding carboxylic acids is 1. The van der Waals surface area contributed by atoms with Crippen LogP contribution in [-0.2, 0) is 6.54 Å². The van der Waals surface area contributed by atoms with Gasteiger partial charge in [0.05, 0.1) is 23.4 Å². The van der Waals surface area contributed by atoms with E-state index in [0.717, 1.165) is 17.9 Å². The molecule has 2 aromatic rings. The Kier molecular flexibility index (Phi) is 7.12. The molecule has 0 atom stereocenters. The molecule has 0 aromatic heterocycles. The number of nitrogens with zero attached hydrogens (tertiary/aromatic N) is 1. The predicted molar refractivity (Wildman–Crippen MR) is 104 cm³/mol. The molecule has 0 radical (unpaired) electrons. The van der Waals surface area contributed by atoms with Gasteiger partial charge in [0.15, 0.2) is 0 Å². The molecule has 0 heterocycles. The fourth-order valence-corrected chi connectivity index (χ4v) is 2.48. The van der Waals surface area contributed by atoms with Gasteiger partial charge in [-0.25, -0.2) is 0 Å². The molecule has 26 heavy (non-hydrogen) atoms. The molecule has 2 rings (SSSR count). The van der Waals surface area contributed by atoms with E-state index in [0.29, 0.717) is 35.2 Å². The standard InChI is InChI=1S/C19H24ClN3O3/c1-23(2)8-9-26-17-7-5-4-6-13(17)12-22-19(24)14-10-15(20)16(21)11-18(14)25-3/h4-7,10-11H,8-9,12,21H2,1-3H3,(H,22,24). The first kappa shape index (κ1) is 19.9. The second-order valence-electron chi connectivity index (χ2n) is 6.02. The topological polar surface area (TPSA) is 76.8 Å². The number of methoxy groups -OCH3 is 1. The maximum Gasteiger partial charge on any atom is 0.255 e. The largest absolute Gasteiger partial charge is 0.496 e. The number of ether oxygens (including phenoxy) is 2. The van der Waals surface area contributed by atoms with E-state index >= 15 is 0 Å². The van der Waals surface area contributed by atoms with E-state index < -0.39 is 0 Å². The molecule has 0 saturated carbocycles. The van der Waals surface area contributed by atoms with Crippen LogP contribution in [0.2, 0.25) is 5.02 Å². The summed E-state index contributed by atoms with van der Waals surface area (Å²) < 4.78 is 11.0. The summed E-state index contributed by atoms with van der Waals surface area (Å²) in [7, 11) is 5.45. The van der Waals surface area contributed by atoms with Gasteiger partial charge < -0.3 is 25.4 Å². The smallest absolute Gasteiger partial charge is 0.255 e. The van der Waals surface area contributed by atoms with E-state index in [4.69, 9.17) is 26.8 Å². The SMILES string of the molecule is COc1cc(N)c(Cl)cc1C(=O)NCc1ccccc1OCCN(C)C. The molecule has 0 aliphatic carbocycles. The highest BCUT2D eigenvalue weighted by Crippen LogP contribution is 2.29. The molecule has 0 spiro atoms. The summed E-state index contributed by atoms with van der Waals surface area (Å²) in [4.78, 5) is 14.6. The van der Waals surface area contributed by atoms with Gasteiger partial charge in [-0.15, -0.1) is 0 Å². The Morgan fingerprint density at radius 3 is 2.65 bits per heavy atom. The summed E-state index contributed by atoms with van der Waals surface area (Å²) in [6.45, 7) is 1.70. The minimum absolute atomic E-state index is 0.299. The molecule has 0 fully saturated rings. The van der Waals surface area contributed by atoms with E-state index in [9.17, 15) is 4.79 Å². The summed E-state index contributed by atoms with van der Waals surface area (Å²) in [6.07, 6.45) is 0. The van der Waals surface area contributed by atoms with Crippen LogP contribution in [0.25, 0.3) is 0 Å². The zero-order chi connectivity index (χ0) is 19.1. The molecule has 0 unspecified atom stereocenters. The third-order valence-corrected chi connectivity index (χ3v) is 4.10. The molecule has 0 aliphatic heterocycles. The van der Waals surface area contributed by atoms with Crippen molar-refractivity contribution in [2.75, 3.05) is 40.1 Å². The van der Waals surface area contributed by atoms with Gasteiger partial charge in [-0.2, -0.15) is 0 Å². The van der Waals surface area contributed by atoms with Crippen molar-refractivity contribution in [2.45, 2.75) is 6.54 Å². The van der Waals surface area contributed by atoms with Crippen molar-refractivity contribution in [2.24, 2.45) is 0 Å². The Hall–Kier alpha value is -2.44. The van der Waals surface area contributed by atoms with Gasteiger partial charge in [-0.05, 0) is 26.2 Å².